The zero-order valence-electron chi connectivity index (χ0n) is 20.1. The molecule has 7 nitrogen and oxygen atoms in total. The minimum absolute atomic E-state index is 0.0475. The number of fused-ring (bicyclic) bond motifs is 2. The third-order valence-electron chi connectivity index (χ3n) is 7.23. The van der Waals surface area contributed by atoms with Gasteiger partial charge in [0.25, 0.3) is 11.7 Å². The number of likely N-dealkylation sites (tertiary alicyclic amines) is 1. The summed E-state index contributed by atoms with van der Waals surface area (Å²) in [5, 5.41) is 22.3. The van der Waals surface area contributed by atoms with Crippen molar-refractivity contribution in [3.05, 3.63) is 101 Å². The van der Waals surface area contributed by atoms with Gasteiger partial charge in [0.05, 0.1) is 18.2 Å². The van der Waals surface area contributed by atoms with Crippen LogP contribution in [-0.4, -0.2) is 44.9 Å². The van der Waals surface area contributed by atoms with E-state index in [0.29, 0.717) is 24.2 Å². The molecule has 1 amide bonds. The van der Waals surface area contributed by atoms with Crippen LogP contribution < -0.4 is 4.74 Å². The molecule has 1 aromatic heterocycles. The Morgan fingerprint density at radius 1 is 1.05 bits per heavy atom. The third-order valence-corrected chi connectivity index (χ3v) is 7.23. The molecule has 3 aromatic carbocycles. The Morgan fingerprint density at radius 2 is 1.86 bits per heavy atom. The maximum atomic E-state index is 13.4. The van der Waals surface area contributed by atoms with Crippen LogP contribution >= 0.6 is 0 Å². The number of phenolic OH excluding ortho intramolecular Hbond substituents is 1. The molecule has 4 aromatic rings. The summed E-state index contributed by atoms with van der Waals surface area (Å²) in [4.78, 5) is 31.4. The lowest BCUT2D eigenvalue weighted by molar-refractivity contribution is -0.139. The number of aromatic amines is 1. The zero-order valence-corrected chi connectivity index (χ0v) is 20.1. The van der Waals surface area contributed by atoms with E-state index in [4.69, 9.17) is 4.74 Å². The molecule has 2 aliphatic heterocycles. The quantitative estimate of drug-likeness (QED) is 0.209. The van der Waals surface area contributed by atoms with E-state index in [9.17, 15) is 19.8 Å². The number of nitrogens with one attached hydrogen (secondary N) is 1. The van der Waals surface area contributed by atoms with Crippen molar-refractivity contribution in [1.29, 1.82) is 0 Å². The number of para-hydroxylation sites is 1. The summed E-state index contributed by atoms with van der Waals surface area (Å²) in [6.45, 7) is 0.938. The standard InChI is InChI=1S/C30H26N2O5/c33-22-10-7-18(8-11-22)27-26(28(34)20-9-12-25-19(16-20)4-3-15-37-25)29(35)30(36)32(27)14-13-21-17-31-24-6-2-1-5-23(21)24/h1-2,5-12,16-17,27,31,33-34H,3-4,13-15H2/b28-26-. The van der Waals surface area contributed by atoms with Crippen LogP contribution in [0.2, 0.25) is 0 Å². The van der Waals surface area contributed by atoms with Gasteiger partial charge < -0.3 is 24.8 Å². The molecule has 1 fully saturated rings. The highest BCUT2D eigenvalue weighted by atomic mass is 16.5. The number of aliphatic hydroxyl groups excluding tert-OH is 1. The highest BCUT2D eigenvalue weighted by Gasteiger charge is 2.46. The average Bonchev–Trinajstić information content (AvgIpc) is 3.45. The summed E-state index contributed by atoms with van der Waals surface area (Å²) in [6.07, 6.45) is 4.15. The fourth-order valence-corrected chi connectivity index (χ4v) is 5.36. The maximum absolute atomic E-state index is 13.4. The van der Waals surface area contributed by atoms with Crippen molar-refractivity contribution < 1.29 is 24.5 Å². The Hall–Kier alpha value is -4.52. The van der Waals surface area contributed by atoms with Gasteiger partial charge in [0.2, 0.25) is 0 Å². The second-order valence-electron chi connectivity index (χ2n) is 9.47. The van der Waals surface area contributed by atoms with Crippen LogP contribution in [0.15, 0.2) is 78.5 Å². The molecule has 3 N–H and O–H groups in total. The van der Waals surface area contributed by atoms with E-state index in [1.807, 2.05) is 36.5 Å². The minimum Gasteiger partial charge on any atom is -0.508 e. The van der Waals surface area contributed by atoms with Gasteiger partial charge in [-0.3, -0.25) is 9.59 Å². The number of Topliss-reactive ketones (excluding diaryl/α,β-unsaturated/α-hetero) is 1. The molecule has 0 aliphatic carbocycles. The van der Waals surface area contributed by atoms with Gasteiger partial charge in [-0.1, -0.05) is 30.3 Å². The topological polar surface area (TPSA) is 103 Å². The van der Waals surface area contributed by atoms with E-state index in [2.05, 4.69) is 4.98 Å². The molecule has 37 heavy (non-hydrogen) atoms. The lowest BCUT2D eigenvalue weighted by Gasteiger charge is -2.25. The van der Waals surface area contributed by atoms with Crippen LogP contribution in [0.3, 0.4) is 0 Å². The van der Waals surface area contributed by atoms with E-state index in [-0.39, 0.29) is 23.6 Å². The number of aromatic hydroxyl groups is 1. The average molecular weight is 495 g/mol. The monoisotopic (exact) mass is 494 g/mol. The number of H-pyrrole nitrogens is 1. The fourth-order valence-electron chi connectivity index (χ4n) is 5.36. The molecule has 1 saturated heterocycles. The number of benzene rings is 3. The fraction of sp³-hybridized carbons (Fsp3) is 0.200. The van der Waals surface area contributed by atoms with E-state index in [0.717, 1.165) is 40.6 Å². The van der Waals surface area contributed by atoms with Crippen LogP contribution in [-0.2, 0) is 22.4 Å². The normalized spacial score (nSPS) is 18.7. The second-order valence-corrected chi connectivity index (χ2v) is 9.47. The third kappa shape index (κ3) is 4.02. The van der Waals surface area contributed by atoms with Crippen molar-refractivity contribution in [2.75, 3.05) is 13.2 Å². The predicted molar refractivity (Wildman–Crippen MR) is 139 cm³/mol. The minimum atomic E-state index is -0.780. The number of hydrogen-bond donors (Lipinski definition) is 3. The number of aliphatic hydroxyl groups is 1. The number of ether oxygens (including phenoxy) is 1. The SMILES string of the molecule is O=C1C(=O)N(CCc2c[nH]c3ccccc23)C(c2ccc(O)cc2)/C1=C(/O)c1ccc2c(c1)CCCO2. The van der Waals surface area contributed by atoms with Crippen LogP contribution in [0.4, 0.5) is 0 Å². The van der Waals surface area contributed by atoms with Crippen molar-refractivity contribution in [2.24, 2.45) is 0 Å². The Morgan fingerprint density at radius 3 is 2.70 bits per heavy atom. The van der Waals surface area contributed by atoms with Crippen LogP contribution in [0.1, 0.15) is 34.7 Å². The number of aryl methyl sites for hydroxylation is 1. The number of amides is 1. The molecule has 1 atom stereocenters. The van der Waals surface area contributed by atoms with E-state index < -0.39 is 17.7 Å². The summed E-state index contributed by atoms with van der Waals surface area (Å²) < 4.78 is 5.69. The number of carbonyl (C=O) groups excluding carboxylic acids is 2. The first-order valence-electron chi connectivity index (χ1n) is 12.4. The van der Waals surface area contributed by atoms with E-state index >= 15 is 0 Å². The first-order chi connectivity index (χ1) is 18.0. The molecule has 6 rings (SSSR count). The van der Waals surface area contributed by atoms with Gasteiger partial charge in [-0.25, -0.2) is 0 Å². The molecule has 2 aliphatic rings. The number of ketones is 1. The molecule has 186 valence electrons. The Kier molecular flexibility index (Phi) is 5.68. The van der Waals surface area contributed by atoms with Crippen LogP contribution in [0.5, 0.6) is 11.5 Å². The van der Waals surface area contributed by atoms with E-state index in [1.165, 1.54) is 17.0 Å². The van der Waals surface area contributed by atoms with Gasteiger partial charge in [-0.15, -0.1) is 0 Å². The summed E-state index contributed by atoms with van der Waals surface area (Å²) in [7, 11) is 0. The molecule has 1 unspecified atom stereocenters. The highest BCUT2D eigenvalue weighted by molar-refractivity contribution is 6.46. The van der Waals surface area contributed by atoms with Crippen molar-refractivity contribution in [2.45, 2.75) is 25.3 Å². The van der Waals surface area contributed by atoms with E-state index in [1.54, 1.807) is 24.3 Å². The summed E-state index contributed by atoms with van der Waals surface area (Å²) in [6, 6.07) is 18.9. The second kappa shape index (κ2) is 9.17. The molecule has 7 heteroatoms. The largest absolute Gasteiger partial charge is 0.508 e. The molecular weight excluding hydrogens is 468 g/mol. The predicted octanol–water partition coefficient (Wildman–Crippen LogP) is 4.86. The molecule has 0 radical (unpaired) electrons. The van der Waals surface area contributed by atoms with Gasteiger partial charge in [0.1, 0.15) is 17.3 Å². The van der Waals surface area contributed by atoms with Crippen molar-refractivity contribution in [3.8, 4) is 11.5 Å². The lowest BCUT2D eigenvalue weighted by atomic mass is 9.94. The van der Waals surface area contributed by atoms with Crippen molar-refractivity contribution in [1.82, 2.24) is 9.88 Å². The zero-order chi connectivity index (χ0) is 25.5. The number of aromatic nitrogens is 1. The molecule has 0 bridgehead atoms. The van der Waals surface area contributed by atoms with Crippen LogP contribution in [0.25, 0.3) is 16.7 Å². The van der Waals surface area contributed by atoms with Crippen molar-refractivity contribution >= 4 is 28.4 Å². The van der Waals surface area contributed by atoms with Crippen LogP contribution in [0, 0.1) is 0 Å². The number of nitrogens with zero attached hydrogens (tertiary/aromatic N) is 1. The summed E-state index contributed by atoms with van der Waals surface area (Å²) >= 11 is 0. The van der Waals surface area contributed by atoms with Crippen molar-refractivity contribution in [3.63, 3.8) is 0 Å². The van der Waals surface area contributed by atoms with Gasteiger partial charge in [0, 0.05) is 29.2 Å². The number of carbonyl (C=O) groups is 2. The summed E-state index contributed by atoms with van der Waals surface area (Å²) in [5.41, 5.74) is 4.17. The van der Waals surface area contributed by atoms with Gasteiger partial charge >= 0.3 is 0 Å². The number of hydrogen-bond acceptors (Lipinski definition) is 5. The molecule has 3 heterocycles. The number of rotatable bonds is 5. The van der Waals surface area contributed by atoms with Gasteiger partial charge in [0.15, 0.2) is 0 Å². The Bertz CT molecular complexity index is 1550. The summed E-state index contributed by atoms with van der Waals surface area (Å²) in [5.74, 6) is -0.727. The first kappa shape index (κ1) is 22.9. The Labute approximate surface area is 213 Å². The first-order valence-corrected chi connectivity index (χ1v) is 12.4. The molecule has 0 saturated carbocycles. The van der Waals surface area contributed by atoms with Gasteiger partial charge in [-0.05, 0) is 72.4 Å². The molecular formula is C30H26N2O5. The Balaban J connectivity index is 1.41. The smallest absolute Gasteiger partial charge is 0.295 e. The maximum Gasteiger partial charge on any atom is 0.295 e. The highest BCUT2D eigenvalue weighted by Crippen LogP contribution is 2.40. The lowest BCUT2D eigenvalue weighted by Crippen LogP contribution is -2.31. The van der Waals surface area contributed by atoms with Gasteiger partial charge in [-0.2, -0.15) is 0 Å². The number of phenols is 1. The molecule has 0 spiro atoms.